The van der Waals surface area contributed by atoms with Crippen LogP contribution in [0.3, 0.4) is 0 Å². The number of rotatable bonds is 5. The third-order valence-electron chi connectivity index (χ3n) is 2.33. The number of carboxylic acids is 1. The maximum absolute atomic E-state index is 13.0. The van der Waals surface area contributed by atoms with Crippen molar-refractivity contribution in [2.24, 2.45) is 0 Å². The summed E-state index contributed by atoms with van der Waals surface area (Å²) in [6.07, 6.45) is -3.53. The lowest BCUT2D eigenvalue weighted by atomic mass is 10.00. The molecule has 0 radical (unpaired) electrons. The molecule has 0 heterocycles. The molecule has 5 nitrogen and oxygen atoms in total. The molecule has 0 aliphatic heterocycles. The second-order valence-corrected chi connectivity index (χ2v) is 3.62. The number of hydrogen-bond donors (Lipinski definition) is 4. The van der Waals surface area contributed by atoms with E-state index in [2.05, 4.69) is 0 Å². The SMILES string of the molecule is O=C(O)CC(O)C(O)c1ccc(F)c(CO)c1. The molecule has 0 aromatic heterocycles. The van der Waals surface area contributed by atoms with E-state index in [0.717, 1.165) is 6.07 Å². The van der Waals surface area contributed by atoms with Crippen LogP contribution < -0.4 is 0 Å². The number of carbonyl (C=O) groups is 1. The van der Waals surface area contributed by atoms with Gasteiger partial charge in [-0.15, -0.1) is 0 Å². The normalized spacial score (nSPS) is 14.4. The van der Waals surface area contributed by atoms with Gasteiger partial charge in [-0.2, -0.15) is 0 Å². The summed E-state index contributed by atoms with van der Waals surface area (Å²) in [7, 11) is 0. The molecule has 17 heavy (non-hydrogen) atoms. The van der Waals surface area contributed by atoms with Crippen molar-refractivity contribution in [2.45, 2.75) is 25.2 Å². The third-order valence-corrected chi connectivity index (χ3v) is 2.33. The second-order valence-electron chi connectivity index (χ2n) is 3.62. The number of aliphatic carboxylic acids is 1. The van der Waals surface area contributed by atoms with Crippen LogP contribution >= 0.6 is 0 Å². The number of benzene rings is 1. The molecule has 0 bridgehead atoms. The zero-order valence-corrected chi connectivity index (χ0v) is 8.88. The molecule has 1 aromatic carbocycles. The van der Waals surface area contributed by atoms with Crippen LogP contribution in [-0.2, 0) is 11.4 Å². The van der Waals surface area contributed by atoms with Crippen LogP contribution in [0.1, 0.15) is 23.7 Å². The van der Waals surface area contributed by atoms with Crippen LogP contribution in [0.25, 0.3) is 0 Å². The summed E-state index contributed by atoms with van der Waals surface area (Å²) in [5.41, 5.74) is 0.133. The lowest BCUT2D eigenvalue weighted by molar-refractivity contribution is -0.141. The third kappa shape index (κ3) is 3.48. The number of hydrogen-bond acceptors (Lipinski definition) is 4. The molecule has 0 amide bonds. The van der Waals surface area contributed by atoms with Crippen molar-refractivity contribution < 1.29 is 29.6 Å². The summed E-state index contributed by atoms with van der Waals surface area (Å²) in [6, 6.07) is 3.45. The van der Waals surface area contributed by atoms with Crippen LogP contribution in [0.4, 0.5) is 4.39 Å². The highest BCUT2D eigenvalue weighted by Gasteiger charge is 2.21. The van der Waals surface area contributed by atoms with Gasteiger partial charge in [-0.25, -0.2) is 4.39 Å². The first-order chi connectivity index (χ1) is 7.95. The largest absolute Gasteiger partial charge is 0.481 e. The molecule has 0 spiro atoms. The zero-order chi connectivity index (χ0) is 13.0. The van der Waals surface area contributed by atoms with Gasteiger partial charge in [0.2, 0.25) is 0 Å². The van der Waals surface area contributed by atoms with Gasteiger partial charge in [-0.3, -0.25) is 4.79 Å². The summed E-state index contributed by atoms with van der Waals surface area (Å²) < 4.78 is 13.0. The maximum Gasteiger partial charge on any atom is 0.306 e. The maximum atomic E-state index is 13.0. The van der Waals surface area contributed by atoms with Gasteiger partial charge in [-0.1, -0.05) is 6.07 Å². The highest BCUT2D eigenvalue weighted by atomic mass is 19.1. The Kier molecular flexibility index (Phi) is 4.56. The van der Waals surface area contributed by atoms with E-state index in [0.29, 0.717) is 0 Å². The first-order valence-electron chi connectivity index (χ1n) is 4.92. The van der Waals surface area contributed by atoms with Crippen molar-refractivity contribution in [3.63, 3.8) is 0 Å². The van der Waals surface area contributed by atoms with Crippen molar-refractivity contribution in [3.8, 4) is 0 Å². The molecule has 0 saturated heterocycles. The molecule has 0 aliphatic rings. The van der Waals surface area contributed by atoms with Crippen LogP contribution in [0, 0.1) is 5.82 Å². The van der Waals surface area contributed by atoms with Crippen molar-refractivity contribution in [2.75, 3.05) is 0 Å². The van der Waals surface area contributed by atoms with Gasteiger partial charge in [0.15, 0.2) is 0 Å². The number of aliphatic hydroxyl groups is 3. The Balaban J connectivity index is 2.88. The molecule has 94 valence electrons. The van der Waals surface area contributed by atoms with Gasteiger partial charge in [0, 0.05) is 5.56 Å². The smallest absolute Gasteiger partial charge is 0.306 e. The predicted octanol–water partition coefficient (Wildman–Crippen LogP) is 0.187. The van der Waals surface area contributed by atoms with Gasteiger partial charge in [0.25, 0.3) is 0 Å². The summed E-state index contributed by atoms with van der Waals surface area (Å²) >= 11 is 0. The van der Waals surface area contributed by atoms with Gasteiger partial charge >= 0.3 is 5.97 Å². The van der Waals surface area contributed by atoms with E-state index in [1.165, 1.54) is 12.1 Å². The minimum absolute atomic E-state index is 0.0240. The van der Waals surface area contributed by atoms with E-state index in [1.807, 2.05) is 0 Å². The fraction of sp³-hybridized carbons (Fsp3) is 0.364. The summed E-state index contributed by atoms with van der Waals surface area (Å²) in [5, 5.41) is 36.3. The van der Waals surface area contributed by atoms with E-state index < -0.39 is 37.0 Å². The first-order valence-corrected chi connectivity index (χ1v) is 4.92. The molecule has 2 atom stereocenters. The van der Waals surface area contributed by atoms with Crippen molar-refractivity contribution in [1.82, 2.24) is 0 Å². The standard InChI is InChI=1S/C11H13FO5/c12-8-2-1-6(3-7(8)5-13)11(17)9(14)4-10(15)16/h1-3,9,11,13-14,17H,4-5H2,(H,15,16). The van der Waals surface area contributed by atoms with Crippen LogP contribution in [0.5, 0.6) is 0 Å². The van der Waals surface area contributed by atoms with Gasteiger partial charge in [0.05, 0.1) is 19.1 Å². The number of carboxylic acid groups (broad SMARTS) is 1. The summed E-state index contributed by atoms with van der Waals surface area (Å²) in [5.74, 6) is -1.88. The Morgan fingerprint density at radius 1 is 1.35 bits per heavy atom. The Hall–Kier alpha value is -1.50. The van der Waals surface area contributed by atoms with Crippen LogP contribution in [-0.4, -0.2) is 32.5 Å². The summed E-state index contributed by atoms with van der Waals surface area (Å²) in [6.45, 7) is -0.540. The van der Waals surface area contributed by atoms with Gasteiger partial charge in [-0.05, 0) is 17.7 Å². The fourth-order valence-electron chi connectivity index (χ4n) is 1.41. The highest BCUT2D eigenvalue weighted by Crippen LogP contribution is 2.21. The topological polar surface area (TPSA) is 98.0 Å². The number of aliphatic hydroxyl groups excluding tert-OH is 3. The molecule has 4 N–H and O–H groups in total. The molecule has 1 aromatic rings. The lowest BCUT2D eigenvalue weighted by Crippen LogP contribution is -2.22. The van der Waals surface area contributed by atoms with E-state index >= 15 is 0 Å². The van der Waals surface area contributed by atoms with E-state index in [9.17, 15) is 19.4 Å². The molecule has 6 heteroatoms. The summed E-state index contributed by atoms with van der Waals surface area (Å²) in [4.78, 5) is 10.4. The Morgan fingerprint density at radius 3 is 2.53 bits per heavy atom. The van der Waals surface area contributed by atoms with Gasteiger partial charge < -0.3 is 20.4 Å². The Labute approximate surface area is 96.8 Å². The van der Waals surface area contributed by atoms with Crippen LogP contribution in [0.15, 0.2) is 18.2 Å². The molecule has 0 aliphatic carbocycles. The minimum atomic E-state index is -1.48. The molecular formula is C11H13FO5. The lowest BCUT2D eigenvalue weighted by Gasteiger charge is -2.17. The molecular weight excluding hydrogens is 231 g/mol. The van der Waals surface area contributed by atoms with Crippen molar-refractivity contribution >= 4 is 5.97 Å². The molecule has 1 rings (SSSR count). The fourth-order valence-corrected chi connectivity index (χ4v) is 1.41. The van der Waals surface area contributed by atoms with Crippen molar-refractivity contribution in [1.29, 1.82) is 0 Å². The van der Waals surface area contributed by atoms with E-state index in [-0.39, 0.29) is 11.1 Å². The number of halogens is 1. The van der Waals surface area contributed by atoms with Gasteiger partial charge in [0.1, 0.15) is 11.9 Å². The predicted molar refractivity (Wildman–Crippen MR) is 55.5 cm³/mol. The highest BCUT2D eigenvalue weighted by molar-refractivity contribution is 5.67. The van der Waals surface area contributed by atoms with Crippen molar-refractivity contribution in [3.05, 3.63) is 35.1 Å². The molecule has 2 unspecified atom stereocenters. The van der Waals surface area contributed by atoms with Crippen LogP contribution in [0.2, 0.25) is 0 Å². The Bertz CT molecular complexity index is 407. The second kappa shape index (κ2) is 5.72. The average Bonchev–Trinajstić information content (AvgIpc) is 2.27. The first kappa shape index (κ1) is 13.6. The van der Waals surface area contributed by atoms with E-state index in [1.54, 1.807) is 0 Å². The quantitative estimate of drug-likeness (QED) is 0.592. The average molecular weight is 244 g/mol. The zero-order valence-electron chi connectivity index (χ0n) is 8.88. The molecule has 0 fully saturated rings. The molecule has 0 saturated carbocycles. The Morgan fingerprint density at radius 2 is 2.00 bits per heavy atom. The van der Waals surface area contributed by atoms with E-state index in [4.69, 9.17) is 10.2 Å². The minimum Gasteiger partial charge on any atom is -0.481 e. The monoisotopic (exact) mass is 244 g/mol.